The van der Waals surface area contributed by atoms with Crippen LogP contribution in [0.2, 0.25) is 0 Å². The second kappa shape index (κ2) is 7.62. The SMILES string of the molecule is Nc1ccc(S(=O)(=O)CCCN2CCN3Cc4ccccc4CC3C2)cc1. The number of anilines is 1. The molecule has 2 aromatic rings. The second-order valence-electron chi connectivity index (χ2n) is 7.64. The van der Waals surface area contributed by atoms with Crippen LogP contribution in [-0.2, 0) is 22.8 Å². The number of nitrogens with zero attached hydrogens (tertiary/aromatic N) is 2. The van der Waals surface area contributed by atoms with E-state index in [2.05, 4.69) is 34.1 Å². The molecule has 0 saturated carbocycles. The molecule has 0 bridgehead atoms. The molecule has 2 N–H and O–H groups in total. The number of rotatable bonds is 5. The molecular formula is C21H27N3O2S. The summed E-state index contributed by atoms with van der Waals surface area (Å²) < 4.78 is 25.0. The van der Waals surface area contributed by atoms with E-state index >= 15 is 0 Å². The first kappa shape index (κ1) is 18.5. The molecule has 1 atom stereocenters. The molecule has 0 aromatic heterocycles. The smallest absolute Gasteiger partial charge is 0.178 e. The van der Waals surface area contributed by atoms with Gasteiger partial charge >= 0.3 is 0 Å². The molecule has 0 radical (unpaired) electrons. The Kier molecular flexibility index (Phi) is 5.21. The predicted molar refractivity (Wildman–Crippen MR) is 108 cm³/mol. The summed E-state index contributed by atoms with van der Waals surface area (Å²) in [6, 6.07) is 15.8. The lowest BCUT2D eigenvalue weighted by Gasteiger charge is -2.44. The quantitative estimate of drug-likeness (QED) is 0.799. The predicted octanol–water partition coefficient (Wildman–Crippen LogP) is 2.18. The summed E-state index contributed by atoms with van der Waals surface area (Å²) in [5.74, 6) is 0.185. The maximum atomic E-state index is 12.5. The van der Waals surface area contributed by atoms with E-state index in [1.54, 1.807) is 24.3 Å². The number of piperazine rings is 1. The van der Waals surface area contributed by atoms with Crippen LogP contribution in [0, 0.1) is 0 Å². The molecule has 0 aliphatic carbocycles. The van der Waals surface area contributed by atoms with Gasteiger partial charge in [-0.25, -0.2) is 8.42 Å². The number of benzene rings is 2. The Hall–Kier alpha value is -1.89. The Morgan fingerprint density at radius 1 is 1.00 bits per heavy atom. The molecule has 1 fully saturated rings. The number of hydrogen-bond acceptors (Lipinski definition) is 5. The van der Waals surface area contributed by atoms with Crippen LogP contribution in [-0.4, -0.2) is 56.2 Å². The van der Waals surface area contributed by atoms with Crippen LogP contribution in [0.5, 0.6) is 0 Å². The van der Waals surface area contributed by atoms with Gasteiger partial charge in [0.15, 0.2) is 9.84 Å². The lowest BCUT2D eigenvalue weighted by atomic mass is 9.92. The van der Waals surface area contributed by atoms with E-state index in [-0.39, 0.29) is 5.75 Å². The molecule has 4 rings (SSSR count). The fourth-order valence-corrected chi connectivity index (χ4v) is 5.51. The highest BCUT2D eigenvalue weighted by Gasteiger charge is 2.31. The summed E-state index contributed by atoms with van der Waals surface area (Å²) >= 11 is 0. The van der Waals surface area contributed by atoms with Crippen molar-refractivity contribution in [2.24, 2.45) is 0 Å². The Balaban J connectivity index is 1.31. The van der Waals surface area contributed by atoms with Crippen molar-refractivity contribution in [3.05, 3.63) is 59.7 Å². The van der Waals surface area contributed by atoms with Crippen LogP contribution in [0.15, 0.2) is 53.4 Å². The number of hydrogen-bond donors (Lipinski definition) is 1. The number of nitrogens with two attached hydrogens (primary N) is 1. The molecule has 27 heavy (non-hydrogen) atoms. The summed E-state index contributed by atoms with van der Waals surface area (Å²) in [7, 11) is -3.23. The van der Waals surface area contributed by atoms with Crippen LogP contribution < -0.4 is 5.73 Å². The van der Waals surface area contributed by atoms with E-state index in [0.29, 0.717) is 23.0 Å². The van der Waals surface area contributed by atoms with E-state index in [0.717, 1.165) is 39.1 Å². The number of sulfone groups is 1. The molecule has 144 valence electrons. The van der Waals surface area contributed by atoms with Crippen LogP contribution in [0.25, 0.3) is 0 Å². The fraction of sp³-hybridized carbons (Fsp3) is 0.429. The summed E-state index contributed by atoms with van der Waals surface area (Å²) in [5, 5.41) is 0. The molecule has 2 aromatic carbocycles. The molecule has 2 aliphatic heterocycles. The van der Waals surface area contributed by atoms with Crippen molar-refractivity contribution in [1.82, 2.24) is 9.80 Å². The van der Waals surface area contributed by atoms with Crippen molar-refractivity contribution >= 4 is 15.5 Å². The molecule has 0 spiro atoms. The van der Waals surface area contributed by atoms with E-state index in [1.165, 1.54) is 11.1 Å². The minimum atomic E-state index is -3.23. The summed E-state index contributed by atoms with van der Waals surface area (Å²) in [6.45, 7) is 4.97. The van der Waals surface area contributed by atoms with Crippen molar-refractivity contribution in [1.29, 1.82) is 0 Å². The van der Waals surface area contributed by atoms with Crippen LogP contribution in [0.4, 0.5) is 5.69 Å². The van der Waals surface area contributed by atoms with E-state index in [9.17, 15) is 8.42 Å². The lowest BCUT2D eigenvalue weighted by Crippen LogP contribution is -2.55. The Bertz CT molecular complexity index is 896. The lowest BCUT2D eigenvalue weighted by molar-refractivity contribution is 0.0609. The van der Waals surface area contributed by atoms with Crippen molar-refractivity contribution in [2.45, 2.75) is 30.3 Å². The first-order chi connectivity index (χ1) is 13.0. The molecule has 2 heterocycles. The van der Waals surface area contributed by atoms with Crippen molar-refractivity contribution in [2.75, 3.05) is 37.7 Å². The fourth-order valence-electron chi connectivity index (χ4n) is 4.22. The molecule has 1 saturated heterocycles. The zero-order valence-corrected chi connectivity index (χ0v) is 16.4. The van der Waals surface area contributed by atoms with E-state index in [4.69, 9.17) is 5.73 Å². The third-order valence-electron chi connectivity index (χ3n) is 5.76. The van der Waals surface area contributed by atoms with Gasteiger partial charge in [0.1, 0.15) is 0 Å². The first-order valence-electron chi connectivity index (χ1n) is 9.63. The zero-order chi connectivity index (χ0) is 18.9. The first-order valence-corrected chi connectivity index (χ1v) is 11.3. The second-order valence-corrected chi connectivity index (χ2v) is 9.75. The van der Waals surface area contributed by atoms with E-state index < -0.39 is 9.84 Å². The van der Waals surface area contributed by atoms with Crippen LogP contribution >= 0.6 is 0 Å². The van der Waals surface area contributed by atoms with Gasteiger partial charge in [0, 0.05) is 37.9 Å². The number of fused-ring (bicyclic) bond motifs is 2. The highest BCUT2D eigenvalue weighted by atomic mass is 32.2. The van der Waals surface area contributed by atoms with Gasteiger partial charge in [-0.2, -0.15) is 0 Å². The third-order valence-corrected chi connectivity index (χ3v) is 7.58. The molecule has 6 heteroatoms. The molecule has 5 nitrogen and oxygen atoms in total. The standard InChI is InChI=1S/C21H27N3O2S/c22-19-6-8-21(9-7-19)27(25,26)13-3-10-23-11-12-24-15-18-5-2-1-4-17(18)14-20(24)16-23/h1-2,4-9,20H,3,10-16,22H2. The normalized spacial score (nSPS) is 20.8. The highest BCUT2D eigenvalue weighted by molar-refractivity contribution is 7.91. The van der Waals surface area contributed by atoms with Gasteiger partial charge in [0.2, 0.25) is 0 Å². The average Bonchev–Trinajstić information content (AvgIpc) is 2.66. The minimum absolute atomic E-state index is 0.185. The molecule has 1 unspecified atom stereocenters. The highest BCUT2D eigenvalue weighted by Crippen LogP contribution is 2.26. The maximum absolute atomic E-state index is 12.5. The third kappa shape index (κ3) is 4.18. The van der Waals surface area contributed by atoms with Gasteiger partial charge in [0.25, 0.3) is 0 Å². The van der Waals surface area contributed by atoms with Gasteiger partial charge in [-0.05, 0) is 54.8 Å². The van der Waals surface area contributed by atoms with Crippen molar-refractivity contribution < 1.29 is 8.42 Å². The van der Waals surface area contributed by atoms with Gasteiger partial charge in [-0.1, -0.05) is 24.3 Å². The van der Waals surface area contributed by atoms with Gasteiger partial charge in [-0.15, -0.1) is 0 Å². The van der Waals surface area contributed by atoms with Gasteiger partial charge in [-0.3, -0.25) is 4.90 Å². The summed E-state index contributed by atoms with van der Waals surface area (Å²) in [5.41, 5.74) is 9.15. The van der Waals surface area contributed by atoms with Gasteiger partial charge < -0.3 is 10.6 Å². The monoisotopic (exact) mass is 385 g/mol. The average molecular weight is 386 g/mol. The van der Waals surface area contributed by atoms with Crippen LogP contribution in [0.3, 0.4) is 0 Å². The van der Waals surface area contributed by atoms with Crippen LogP contribution in [0.1, 0.15) is 17.5 Å². The van der Waals surface area contributed by atoms with Gasteiger partial charge in [0.05, 0.1) is 10.6 Å². The van der Waals surface area contributed by atoms with Crippen molar-refractivity contribution in [3.8, 4) is 0 Å². The molecule has 2 aliphatic rings. The molecule has 0 amide bonds. The zero-order valence-electron chi connectivity index (χ0n) is 15.5. The summed E-state index contributed by atoms with van der Waals surface area (Å²) in [4.78, 5) is 5.36. The Labute approximate surface area is 161 Å². The molecular weight excluding hydrogens is 358 g/mol. The number of nitrogen functional groups attached to an aromatic ring is 1. The topological polar surface area (TPSA) is 66.6 Å². The Morgan fingerprint density at radius 2 is 1.74 bits per heavy atom. The summed E-state index contributed by atoms with van der Waals surface area (Å²) in [6.07, 6.45) is 1.76. The maximum Gasteiger partial charge on any atom is 0.178 e. The minimum Gasteiger partial charge on any atom is -0.399 e. The Morgan fingerprint density at radius 3 is 2.52 bits per heavy atom. The largest absolute Gasteiger partial charge is 0.399 e. The van der Waals surface area contributed by atoms with E-state index in [1.807, 2.05) is 0 Å². The van der Waals surface area contributed by atoms with Crippen molar-refractivity contribution in [3.63, 3.8) is 0 Å².